The molecule has 1 aliphatic heterocycles. The Morgan fingerprint density at radius 2 is 1.74 bits per heavy atom. The maximum Gasteiger partial charge on any atom is 0.279 e. The number of benzene rings is 1. The van der Waals surface area contributed by atoms with Crippen molar-refractivity contribution in [2.75, 3.05) is 40.4 Å². The van der Waals surface area contributed by atoms with Gasteiger partial charge in [-0.25, -0.2) is 0 Å². The molecule has 7 nitrogen and oxygen atoms in total. The number of nitriles is 1. The van der Waals surface area contributed by atoms with Crippen molar-refractivity contribution in [1.29, 1.82) is 5.26 Å². The summed E-state index contributed by atoms with van der Waals surface area (Å²) in [7, 11) is 3.33. The van der Waals surface area contributed by atoms with E-state index in [0.29, 0.717) is 0 Å². The predicted molar refractivity (Wildman–Crippen MR) is 118 cm³/mol. The Hall–Kier alpha value is -2.30. The van der Waals surface area contributed by atoms with Crippen molar-refractivity contribution >= 4 is 5.91 Å². The molecule has 3 rings (SSSR count). The van der Waals surface area contributed by atoms with E-state index in [-0.39, 0.29) is 11.9 Å². The number of carbonyl (C=O) groups is 1. The van der Waals surface area contributed by atoms with E-state index in [1.165, 1.54) is 20.9 Å². The fourth-order valence-corrected chi connectivity index (χ4v) is 4.97. The summed E-state index contributed by atoms with van der Waals surface area (Å²) in [6.07, 6.45) is 4.75. The van der Waals surface area contributed by atoms with Crippen LogP contribution in [0.15, 0.2) is 12.1 Å². The number of rotatable bonds is 7. The molecular formula is C24H38N4O3+2. The Morgan fingerprint density at radius 3 is 2.32 bits per heavy atom. The monoisotopic (exact) mass is 430 g/mol. The zero-order chi connectivity index (χ0) is 22.4. The smallest absolute Gasteiger partial charge is 0.279 e. The first-order valence-corrected chi connectivity index (χ1v) is 11.5. The van der Waals surface area contributed by atoms with E-state index in [4.69, 9.17) is 9.47 Å². The molecule has 0 unspecified atom stereocenters. The molecule has 0 spiro atoms. The highest BCUT2D eigenvalue weighted by Crippen LogP contribution is 2.30. The van der Waals surface area contributed by atoms with Gasteiger partial charge in [0, 0.05) is 5.56 Å². The van der Waals surface area contributed by atoms with Crippen LogP contribution in [-0.2, 0) is 11.3 Å². The molecule has 1 amide bonds. The van der Waals surface area contributed by atoms with Gasteiger partial charge in [0.1, 0.15) is 38.3 Å². The molecule has 170 valence electrons. The topological polar surface area (TPSA) is 80.2 Å². The summed E-state index contributed by atoms with van der Waals surface area (Å²) in [5.74, 6) is 1.56. The standard InChI is InChI=1S/C24H36N4O3/c1-18-14-21(30-3)22(31-4)15-20(18)16-27-10-12-28(13-11-27)19(2)23(29)26-24(17-25)8-6-5-7-9-24/h14-15,19H,5-13,16H2,1-4H3,(H,26,29)/p+2/t19-/m0/s1. The quantitative estimate of drug-likeness (QED) is 0.570. The first-order valence-electron chi connectivity index (χ1n) is 11.5. The largest absolute Gasteiger partial charge is 0.493 e. The number of aryl methyl sites for hydroxylation is 1. The zero-order valence-corrected chi connectivity index (χ0v) is 19.5. The van der Waals surface area contributed by atoms with Gasteiger partial charge < -0.3 is 24.6 Å². The highest BCUT2D eigenvalue weighted by atomic mass is 16.5. The highest BCUT2D eigenvalue weighted by Gasteiger charge is 2.38. The number of ether oxygens (including phenoxy) is 2. The van der Waals surface area contributed by atoms with Gasteiger partial charge in [0.15, 0.2) is 17.5 Å². The molecule has 1 atom stereocenters. The second-order valence-corrected chi connectivity index (χ2v) is 9.18. The second-order valence-electron chi connectivity index (χ2n) is 9.18. The molecule has 1 heterocycles. The van der Waals surface area contributed by atoms with Gasteiger partial charge in [0.05, 0.1) is 20.3 Å². The average Bonchev–Trinajstić information content (AvgIpc) is 2.80. The van der Waals surface area contributed by atoms with Crippen molar-refractivity contribution in [2.24, 2.45) is 0 Å². The van der Waals surface area contributed by atoms with Crippen LogP contribution < -0.4 is 24.6 Å². The Labute approximate surface area is 186 Å². The minimum absolute atomic E-state index is 0.0256. The van der Waals surface area contributed by atoms with Crippen LogP contribution in [0.2, 0.25) is 0 Å². The number of quaternary nitrogens is 2. The molecule has 1 aromatic rings. The van der Waals surface area contributed by atoms with Crippen LogP contribution in [0.4, 0.5) is 0 Å². The molecule has 31 heavy (non-hydrogen) atoms. The van der Waals surface area contributed by atoms with Gasteiger partial charge in [-0.05, 0) is 44.4 Å². The predicted octanol–water partition coefficient (Wildman–Crippen LogP) is 0.0268. The fourth-order valence-electron chi connectivity index (χ4n) is 4.97. The Bertz CT molecular complexity index is 806. The minimum Gasteiger partial charge on any atom is -0.493 e. The van der Waals surface area contributed by atoms with E-state index in [0.717, 1.165) is 76.3 Å². The van der Waals surface area contributed by atoms with Crippen molar-refractivity contribution in [2.45, 2.75) is 64.1 Å². The molecule has 3 N–H and O–H groups in total. The number of piperazine rings is 1. The van der Waals surface area contributed by atoms with Gasteiger partial charge in [0.25, 0.3) is 5.91 Å². The fraction of sp³-hybridized carbons (Fsp3) is 0.667. The van der Waals surface area contributed by atoms with Crippen LogP contribution >= 0.6 is 0 Å². The molecule has 2 fully saturated rings. The van der Waals surface area contributed by atoms with Crippen molar-refractivity contribution in [1.82, 2.24) is 5.32 Å². The van der Waals surface area contributed by atoms with Gasteiger partial charge in [-0.3, -0.25) is 4.79 Å². The molecule has 1 aliphatic carbocycles. The van der Waals surface area contributed by atoms with E-state index in [1.807, 2.05) is 13.0 Å². The van der Waals surface area contributed by atoms with Crippen LogP contribution in [0.1, 0.15) is 50.2 Å². The summed E-state index contributed by atoms with van der Waals surface area (Å²) in [4.78, 5) is 15.7. The molecule has 1 aromatic carbocycles. The molecular weight excluding hydrogens is 392 g/mol. The summed E-state index contributed by atoms with van der Waals surface area (Å²) < 4.78 is 10.9. The molecule has 1 saturated carbocycles. The molecule has 0 radical (unpaired) electrons. The maximum atomic E-state index is 12.9. The van der Waals surface area contributed by atoms with Crippen LogP contribution in [0.25, 0.3) is 0 Å². The summed E-state index contributed by atoms with van der Waals surface area (Å²) >= 11 is 0. The lowest BCUT2D eigenvalue weighted by molar-refractivity contribution is -1.02. The van der Waals surface area contributed by atoms with Gasteiger partial charge in [-0.15, -0.1) is 0 Å². The van der Waals surface area contributed by atoms with Gasteiger partial charge in [0.2, 0.25) is 0 Å². The molecule has 7 heteroatoms. The number of nitrogens with zero attached hydrogens (tertiary/aromatic N) is 1. The Morgan fingerprint density at radius 1 is 1.13 bits per heavy atom. The number of hydrogen-bond acceptors (Lipinski definition) is 4. The summed E-state index contributed by atoms with van der Waals surface area (Å²) in [6.45, 7) is 9.00. The van der Waals surface area contributed by atoms with Crippen LogP contribution in [0.5, 0.6) is 11.5 Å². The molecule has 1 saturated heterocycles. The van der Waals surface area contributed by atoms with Crippen LogP contribution in [0, 0.1) is 18.3 Å². The van der Waals surface area contributed by atoms with Gasteiger partial charge >= 0.3 is 0 Å². The third kappa shape index (κ3) is 5.50. The van der Waals surface area contributed by atoms with E-state index >= 15 is 0 Å². The zero-order valence-electron chi connectivity index (χ0n) is 19.5. The number of carbonyl (C=O) groups excluding carboxylic acids is 1. The lowest BCUT2D eigenvalue weighted by atomic mass is 9.82. The molecule has 2 aliphatic rings. The number of nitrogens with one attached hydrogen (secondary N) is 3. The lowest BCUT2D eigenvalue weighted by Gasteiger charge is -2.36. The van der Waals surface area contributed by atoms with E-state index in [1.54, 1.807) is 14.2 Å². The number of amides is 1. The van der Waals surface area contributed by atoms with Gasteiger partial charge in [-0.2, -0.15) is 5.26 Å². The first kappa shape index (κ1) is 23.4. The van der Waals surface area contributed by atoms with Crippen LogP contribution in [0.3, 0.4) is 0 Å². The minimum atomic E-state index is -0.652. The third-order valence-electron chi connectivity index (χ3n) is 7.17. The van der Waals surface area contributed by atoms with E-state index in [9.17, 15) is 10.1 Å². The third-order valence-corrected chi connectivity index (χ3v) is 7.17. The van der Waals surface area contributed by atoms with Crippen LogP contribution in [-0.4, -0.2) is 57.9 Å². The van der Waals surface area contributed by atoms with Gasteiger partial charge in [-0.1, -0.05) is 19.3 Å². The lowest BCUT2D eigenvalue weighted by Crippen LogP contribution is -3.29. The summed E-state index contributed by atoms with van der Waals surface area (Å²) in [5, 5.41) is 12.8. The van der Waals surface area contributed by atoms with E-state index < -0.39 is 5.54 Å². The summed E-state index contributed by atoms with van der Waals surface area (Å²) in [5.41, 5.74) is 1.83. The Balaban J connectivity index is 1.54. The number of methoxy groups -OCH3 is 2. The highest BCUT2D eigenvalue weighted by molar-refractivity contribution is 5.81. The van der Waals surface area contributed by atoms with Crippen molar-refractivity contribution in [3.63, 3.8) is 0 Å². The molecule has 0 aromatic heterocycles. The Kier molecular flexibility index (Phi) is 7.79. The number of hydrogen-bond donors (Lipinski definition) is 3. The first-order chi connectivity index (χ1) is 14.9. The maximum absolute atomic E-state index is 12.9. The van der Waals surface area contributed by atoms with Crippen molar-refractivity contribution in [3.05, 3.63) is 23.3 Å². The van der Waals surface area contributed by atoms with E-state index in [2.05, 4.69) is 24.4 Å². The normalized spacial score (nSPS) is 24.0. The second kappa shape index (κ2) is 10.3. The van der Waals surface area contributed by atoms with Crippen molar-refractivity contribution < 1.29 is 24.1 Å². The van der Waals surface area contributed by atoms with Crippen molar-refractivity contribution in [3.8, 4) is 17.6 Å². The average molecular weight is 431 g/mol. The SMILES string of the molecule is COc1cc(C)c(C[NH+]2CC[NH+]([C@@H](C)C(=O)NC3(C#N)CCCCC3)CC2)cc1OC. The summed E-state index contributed by atoms with van der Waals surface area (Å²) in [6, 6.07) is 6.40. The molecule has 0 bridgehead atoms.